The Kier molecular flexibility index (Phi) is 4.74. The van der Waals surface area contributed by atoms with E-state index < -0.39 is 6.04 Å². The summed E-state index contributed by atoms with van der Waals surface area (Å²) in [6, 6.07) is 17.5. The molecule has 0 radical (unpaired) electrons. The highest BCUT2D eigenvalue weighted by Gasteiger charge is 2.13. The lowest BCUT2D eigenvalue weighted by atomic mass is 10.1. The van der Waals surface area contributed by atoms with Crippen molar-refractivity contribution in [3.8, 4) is 0 Å². The molecule has 0 aliphatic carbocycles. The molecule has 4 nitrogen and oxygen atoms in total. The van der Waals surface area contributed by atoms with Crippen LogP contribution in [0.2, 0.25) is 0 Å². The second kappa shape index (κ2) is 7.11. The number of H-pyrrole nitrogens is 1. The van der Waals surface area contributed by atoms with E-state index in [0.717, 1.165) is 17.5 Å². The first-order valence-electron chi connectivity index (χ1n) is 7.86. The number of amides is 1. The Morgan fingerprint density at radius 1 is 1.09 bits per heavy atom. The summed E-state index contributed by atoms with van der Waals surface area (Å²) in [7, 11) is 0. The standard InChI is InChI=1S/C19H21N3O/c20-17(12-14-6-2-1-3-7-14)19(23)21-11-10-15-13-22-18-9-5-4-8-16(15)18/h1-9,13,17,22H,10-12,20H2,(H,21,23)/t17-/m1/s1. The fourth-order valence-electron chi connectivity index (χ4n) is 2.75. The SMILES string of the molecule is N[C@H](Cc1ccccc1)C(=O)NCCc1c[nH]c2ccccc12. The Morgan fingerprint density at radius 2 is 1.83 bits per heavy atom. The number of para-hydroxylation sites is 1. The quantitative estimate of drug-likeness (QED) is 0.654. The van der Waals surface area contributed by atoms with Gasteiger partial charge in [0.15, 0.2) is 0 Å². The molecule has 3 rings (SSSR count). The van der Waals surface area contributed by atoms with E-state index in [0.29, 0.717) is 13.0 Å². The molecule has 0 aliphatic rings. The number of hydrogen-bond acceptors (Lipinski definition) is 2. The molecule has 4 heteroatoms. The number of fused-ring (bicyclic) bond motifs is 1. The predicted molar refractivity (Wildman–Crippen MR) is 93.1 cm³/mol. The number of hydrogen-bond donors (Lipinski definition) is 3. The van der Waals surface area contributed by atoms with Crippen LogP contribution in [-0.2, 0) is 17.6 Å². The van der Waals surface area contributed by atoms with E-state index in [1.165, 1.54) is 10.9 Å². The van der Waals surface area contributed by atoms with Gasteiger partial charge in [-0.3, -0.25) is 4.79 Å². The van der Waals surface area contributed by atoms with Crippen LogP contribution in [0.4, 0.5) is 0 Å². The molecule has 1 heterocycles. The molecule has 0 fully saturated rings. The van der Waals surface area contributed by atoms with Crippen LogP contribution in [0.5, 0.6) is 0 Å². The van der Waals surface area contributed by atoms with Crippen LogP contribution in [0.15, 0.2) is 60.8 Å². The third-order valence-corrected chi connectivity index (χ3v) is 4.00. The van der Waals surface area contributed by atoms with Gasteiger partial charge in [-0.1, -0.05) is 48.5 Å². The van der Waals surface area contributed by atoms with E-state index in [1.54, 1.807) is 0 Å². The zero-order valence-electron chi connectivity index (χ0n) is 13.0. The fraction of sp³-hybridized carbons (Fsp3) is 0.211. The molecule has 0 aliphatic heterocycles. The number of nitrogens with one attached hydrogen (secondary N) is 2. The van der Waals surface area contributed by atoms with Crippen LogP contribution in [0.1, 0.15) is 11.1 Å². The minimum atomic E-state index is -0.514. The van der Waals surface area contributed by atoms with Gasteiger partial charge in [-0.05, 0) is 30.0 Å². The molecule has 0 saturated heterocycles. The van der Waals surface area contributed by atoms with Crippen LogP contribution in [0, 0.1) is 0 Å². The fourth-order valence-corrected chi connectivity index (χ4v) is 2.75. The minimum absolute atomic E-state index is 0.103. The predicted octanol–water partition coefficient (Wildman–Crippen LogP) is 2.40. The molecule has 0 bridgehead atoms. The van der Waals surface area contributed by atoms with E-state index in [9.17, 15) is 4.79 Å². The zero-order chi connectivity index (χ0) is 16.1. The molecule has 2 aromatic carbocycles. The lowest BCUT2D eigenvalue weighted by Crippen LogP contribution is -2.42. The third kappa shape index (κ3) is 3.79. The lowest BCUT2D eigenvalue weighted by Gasteiger charge is -2.12. The summed E-state index contributed by atoms with van der Waals surface area (Å²) in [6.07, 6.45) is 3.34. The van der Waals surface area contributed by atoms with Crippen LogP contribution >= 0.6 is 0 Å². The van der Waals surface area contributed by atoms with Crippen LogP contribution in [-0.4, -0.2) is 23.5 Å². The second-order valence-electron chi connectivity index (χ2n) is 5.70. The third-order valence-electron chi connectivity index (χ3n) is 4.00. The summed E-state index contributed by atoms with van der Waals surface area (Å²) in [6.45, 7) is 0.586. The van der Waals surface area contributed by atoms with Crippen LogP contribution in [0.25, 0.3) is 10.9 Å². The summed E-state index contributed by atoms with van der Waals surface area (Å²) in [5.74, 6) is -0.103. The first-order valence-corrected chi connectivity index (χ1v) is 7.86. The molecule has 1 amide bonds. The molecule has 118 valence electrons. The van der Waals surface area contributed by atoms with Crippen molar-refractivity contribution in [3.63, 3.8) is 0 Å². The summed E-state index contributed by atoms with van der Waals surface area (Å²) in [4.78, 5) is 15.3. The van der Waals surface area contributed by atoms with Gasteiger partial charge in [0, 0.05) is 23.6 Å². The maximum absolute atomic E-state index is 12.1. The molecule has 0 saturated carbocycles. The Morgan fingerprint density at radius 3 is 2.65 bits per heavy atom. The number of aromatic amines is 1. The van der Waals surface area contributed by atoms with Gasteiger partial charge < -0.3 is 16.0 Å². The highest BCUT2D eigenvalue weighted by molar-refractivity contribution is 5.83. The smallest absolute Gasteiger partial charge is 0.237 e. The number of nitrogens with two attached hydrogens (primary N) is 1. The minimum Gasteiger partial charge on any atom is -0.361 e. The van der Waals surface area contributed by atoms with Crippen LogP contribution in [0.3, 0.4) is 0 Å². The van der Waals surface area contributed by atoms with Crippen molar-refractivity contribution in [1.82, 2.24) is 10.3 Å². The van der Waals surface area contributed by atoms with Crippen molar-refractivity contribution in [2.75, 3.05) is 6.54 Å². The van der Waals surface area contributed by atoms with Gasteiger partial charge in [0.05, 0.1) is 6.04 Å². The number of carbonyl (C=O) groups is 1. The van der Waals surface area contributed by atoms with Gasteiger partial charge in [0.1, 0.15) is 0 Å². The van der Waals surface area contributed by atoms with E-state index in [1.807, 2.05) is 54.7 Å². The number of benzene rings is 2. The Labute approximate surface area is 135 Å². The highest BCUT2D eigenvalue weighted by Crippen LogP contribution is 2.17. The molecule has 23 heavy (non-hydrogen) atoms. The van der Waals surface area contributed by atoms with Crippen molar-refractivity contribution < 1.29 is 4.79 Å². The Balaban J connectivity index is 1.51. The van der Waals surface area contributed by atoms with Crippen molar-refractivity contribution >= 4 is 16.8 Å². The van der Waals surface area contributed by atoms with E-state index in [4.69, 9.17) is 5.73 Å². The number of carbonyl (C=O) groups excluding carboxylic acids is 1. The largest absolute Gasteiger partial charge is 0.361 e. The van der Waals surface area contributed by atoms with Crippen LogP contribution < -0.4 is 11.1 Å². The Bertz CT molecular complexity index is 779. The zero-order valence-corrected chi connectivity index (χ0v) is 13.0. The molecular weight excluding hydrogens is 286 g/mol. The molecule has 0 spiro atoms. The summed E-state index contributed by atoms with van der Waals surface area (Å²) in [5, 5.41) is 4.13. The summed E-state index contributed by atoms with van der Waals surface area (Å²) >= 11 is 0. The van der Waals surface area contributed by atoms with Crippen molar-refractivity contribution in [3.05, 3.63) is 71.9 Å². The first kappa shape index (κ1) is 15.3. The van der Waals surface area contributed by atoms with Gasteiger partial charge in [-0.2, -0.15) is 0 Å². The van der Waals surface area contributed by atoms with Gasteiger partial charge in [-0.25, -0.2) is 0 Å². The molecular formula is C19H21N3O. The first-order chi connectivity index (χ1) is 11.2. The molecule has 3 aromatic rings. The molecule has 0 unspecified atom stereocenters. The van der Waals surface area contributed by atoms with E-state index in [2.05, 4.69) is 16.4 Å². The lowest BCUT2D eigenvalue weighted by molar-refractivity contribution is -0.122. The van der Waals surface area contributed by atoms with Gasteiger partial charge in [0.25, 0.3) is 0 Å². The van der Waals surface area contributed by atoms with E-state index >= 15 is 0 Å². The maximum atomic E-state index is 12.1. The molecule has 1 atom stereocenters. The topological polar surface area (TPSA) is 70.9 Å². The van der Waals surface area contributed by atoms with Crippen molar-refractivity contribution in [1.29, 1.82) is 0 Å². The highest BCUT2D eigenvalue weighted by atomic mass is 16.2. The average Bonchev–Trinajstić information content (AvgIpc) is 2.99. The summed E-state index contributed by atoms with van der Waals surface area (Å²) < 4.78 is 0. The number of aromatic nitrogens is 1. The van der Waals surface area contributed by atoms with Gasteiger partial charge in [-0.15, -0.1) is 0 Å². The average molecular weight is 307 g/mol. The normalized spacial score (nSPS) is 12.2. The van der Waals surface area contributed by atoms with Crippen molar-refractivity contribution in [2.24, 2.45) is 5.73 Å². The molecule has 4 N–H and O–H groups in total. The summed E-state index contributed by atoms with van der Waals surface area (Å²) in [5.41, 5.74) is 9.38. The van der Waals surface area contributed by atoms with Gasteiger partial charge in [0.2, 0.25) is 5.91 Å². The maximum Gasteiger partial charge on any atom is 0.237 e. The van der Waals surface area contributed by atoms with E-state index in [-0.39, 0.29) is 5.91 Å². The monoisotopic (exact) mass is 307 g/mol. The number of rotatable bonds is 6. The second-order valence-corrected chi connectivity index (χ2v) is 5.70. The van der Waals surface area contributed by atoms with Crippen molar-refractivity contribution in [2.45, 2.75) is 18.9 Å². The van der Waals surface area contributed by atoms with Gasteiger partial charge >= 0.3 is 0 Å². The Hall–Kier alpha value is -2.59. The molecule has 1 aromatic heterocycles.